The van der Waals surface area contributed by atoms with Gasteiger partial charge in [-0.3, -0.25) is 4.79 Å². The minimum Gasteiger partial charge on any atom is -0.461 e. The van der Waals surface area contributed by atoms with Gasteiger partial charge < -0.3 is 19.2 Å². The number of hydrogen-bond donors (Lipinski definition) is 1. The van der Waals surface area contributed by atoms with Crippen molar-refractivity contribution in [3.63, 3.8) is 0 Å². The quantitative estimate of drug-likeness (QED) is 0.281. The number of carbonyl (C=O) groups excluding carboxylic acids is 2. The largest absolute Gasteiger partial charge is 0.461 e. The number of carbonyl (C=O) groups is 2. The van der Waals surface area contributed by atoms with Crippen molar-refractivity contribution in [1.29, 1.82) is 0 Å². The van der Waals surface area contributed by atoms with Crippen LogP contribution in [0, 0.1) is 0 Å². The molecule has 0 saturated heterocycles. The number of benzene rings is 2. The lowest BCUT2D eigenvalue weighted by Gasteiger charge is -2.19. The summed E-state index contributed by atoms with van der Waals surface area (Å²) in [6.07, 6.45) is 0.0273. The summed E-state index contributed by atoms with van der Waals surface area (Å²) in [5.74, 6) is -0.414. The molecule has 0 radical (unpaired) electrons. The molecule has 0 aliphatic heterocycles. The first-order chi connectivity index (χ1) is 14.2. The number of rotatable bonds is 6. The average molecular weight is 411 g/mol. The van der Waals surface area contributed by atoms with E-state index in [0.717, 1.165) is 16.2 Å². The molecule has 0 atom stereocenters. The first kappa shape index (κ1) is 21.4. The Balaban J connectivity index is 1.60. The molecule has 1 amide bonds. The van der Waals surface area contributed by atoms with Crippen molar-refractivity contribution in [3.05, 3.63) is 58.4 Å². The van der Waals surface area contributed by atoms with Crippen molar-refractivity contribution in [3.8, 4) is 0 Å². The molecule has 2 aromatic carbocycles. The minimum atomic E-state index is -0.571. The molecule has 7 heteroatoms. The zero-order chi connectivity index (χ0) is 21.7. The lowest BCUT2D eigenvalue weighted by atomic mass is 10.0. The first-order valence-corrected chi connectivity index (χ1v) is 9.80. The van der Waals surface area contributed by atoms with E-state index in [-0.39, 0.29) is 13.0 Å². The monoisotopic (exact) mass is 411 g/mol. The fourth-order valence-electron chi connectivity index (χ4n) is 3.10. The summed E-state index contributed by atoms with van der Waals surface area (Å²) in [5, 5.41) is 5.28. The summed E-state index contributed by atoms with van der Waals surface area (Å²) in [6, 6.07) is 12.7. The predicted molar refractivity (Wildman–Crippen MR) is 113 cm³/mol. The van der Waals surface area contributed by atoms with Gasteiger partial charge in [-0.25, -0.2) is 9.59 Å². The van der Waals surface area contributed by atoms with E-state index in [2.05, 4.69) is 5.32 Å². The molecule has 1 N–H and O–H groups in total. The highest BCUT2D eigenvalue weighted by Crippen LogP contribution is 2.27. The van der Waals surface area contributed by atoms with E-state index in [1.807, 2.05) is 30.3 Å². The Kier molecular flexibility index (Phi) is 6.40. The number of nitrogens with one attached hydrogen (secondary N) is 1. The highest BCUT2D eigenvalue weighted by Gasteiger charge is 2.16. The van der Waals surface area contributed by atoms with Gasteiger partial charge in [0.1, 0.15) is 17.8 Å². The van der Waals surface area contributed by atoms with E-state index in [4.69, 9.17) is 13.9 Å². The number of alkyl carbamates (subject to hydrolysis) is 1. The molecule has 0 unspecified atom stereocenters. The molecule has 0 fully saturated rings. The van der Waals surface area contributed by atoms with E-state index < -0.39 is 23.3 Å². The second-order valence-electron chi connectivity index (χ2n) is 7.94. The lowest BCUT2D eigenvalue weighted by Crippen LogP contribution is -2.33. The third-order valence-electron chi connectivity index (χ3n) is 4.33. The Hall–Kier alpha value is -3.35. The summed E-state index contributed by atoms with van der Waals surface area (Å²) >= 11 is 0. The standard InChI is InChI=1S/C23H25NO6/c1-23(2,3)30-22(27)24-12-6-9-19(25)28-14-16-13-20(26)29-18-11-10-15-7-4-5-8-17(15)21(16)18/h4-5,7-8,10-11,13H,6,9,12,14H2,1-3H3,(H,24,27). The van der Waals surface area contributed by atoms with E-state index in [0.29, 0.717) is 24.1 Å². The maximum absolute atomic E-state index is 12.1. The molecule has 0 bridgehead atoms. The van der Waals surface area contributed by atoms with E-state index in [9.17, 15) is 14.4 Å². The molecular weight excluding hydrogens is 386 g/mol. The fraction of sp³-hybridized carbons (Fsp3) is 0.348. The number of hydrogen-bond acceptors (Lipinski definition) is 6. The normalized spacial score (nSPS) is 11.4. The number of esters is 1. The number of fused-ring (bicyclic) bond motifs is 3. The van der Waals surface area contributed by atoms with Gasteiger partial charge >= 0.3 is 17.7 Å². The van der Waals surface area contributed by atoms with Crippen LogP contribution in [0.5, 0.6) is 0 Å². The fourth-order valence-corrected chi connectivity index (χ4v) is 3.10. The van der Waals surface area contributed by atoms with Crippen molar-refractivity contribution in [1.82, 2.24) is 5.32 Å². The SMILES string of the molecule is CC(C)(C)OC(=O)NCCCC(=O)OCc1cc(=O)oc2ccc3ccccc3c12. The molecule has 7 nitrogen and oxygen atoms in total. The van der Waals surface area contributed by atoms with Gasteiger partial charge in [-0.2, -0.15) is 0 Å². The van der Waals surface area contributed by atoms with Crippen LogP contribution in [-0.4, -0.2) is 24.2 Å². The average Bonchev–Trinajstić information content (AvgIpc) is 2.67. The minimum absolute atomic E-state index is 0.0333. The summed E-state index contributed by atoms with van der Waals surface area (Å²) in [4.78, 5) is 35.6. The Bertz CT molecular complexity index is 1130. The van der Waals surface area contributed by atoms with Gasteiger partial charge in [0.2, 0.25) is 0 Å². The van der Waals surface area contributed by atoms with Gasteiger partial charge in [0.25, 0.3) is 0 Å². The third-order valence-corrected chi connectivity index (χ3v) is 4.33. The van der Waals surface area contributed by atoms with E-state index in [1.165, 1.54) is 6.07 Å². The molecule has 1 aromatic heterocycles. The maximum atomic E-state index is 12.1. The third kappa shape index (κ3) is 5.59. The highest BCUT2D eigenvalue weighted by atomic mass is 16.6. The molecule has 0 aliphatic carbocycles. The van der Waals surface area contributed by atoms with Gasteiger partial charge in [0.05, 0.1) is 0 Å². The van der Waals surface area contributed by atoms with Crippen LogP contribution in [0.2, 0.25) is 0 Å². The molecule has 30 heavy (non-hydrogen) atoms. The van der Waals surface area contributed by atoms with Gasteiger partial charge in [0, 0.05) is 30.0 Å². The Morgan fingerprint density at radius 3 is 2.63 bits per heavy atom. The summed E-state index contributed by atoms with van der Waals surface area (Å²) < 4.78 is 15.8. The Morgan fingerprint density at radius 2 is 1.87 bits per heavy atom. The lowest BCUT2D eigenvalue weighted by molar-refractivity contribution is -0.145. The molecule has 1 heterocycles. The number of amides is 1. The smallest absolute Gasteiger partial charge is 0.407 e. The van der Waals surface area contributed by atoms with Crippen LogP contribution in [0.4, 0.5) is 4.79 Å². The van der Waals surface area contributed by atoms with Crippen molar-refractivity contribution in [2.75, 3.05) is 6.54 Å². The molecule has 3 aromatic rings. The van der Waals surface area contributed by atoms with Gasteiger partial charge in [-0.05, 0) is 44.0 Å². The summed E-state index contributed by atoms with van der Waals surface area (Å²) in [5.41, 5.74) is -0.0179. The molecular formula is C23H25NO6. The first-order valence-electron chi connectivity index (χ1n) is 9.80. The van der Waals surface area contributed by atoms with Crippen LogP contribution in [-0.2, 0) is 20.9 Å². The van der Waals surface area contributed by atoms with Crippen molar-refractivity contribution >= 4 is 33.8 Å². The Labute approximate surface area is 174 Å². The van der Waals surface area contributed by atoms with Crippen LogP contribution >= 0.6 is 0 Å². The van der Waals surface area contributed by atoms with Crippen LogP contribution in [0.3, 0.4) is 0 Å². The van der Waals surface area contributed by atoms with Crippen LogP contribution in [0.1, 0.15) is 39.2 Å². The van der Waals surface area contributed by atoms with Gasteiger partial charge in [-0.1, -0.05) is 30.3 Å². The van der Waals surface area contributed by atoms with Crippen LogP contribution < -0.4 is 10.9 Å². The Morgan fingerprint density at radius 1 is 1.10 bits per heavy atom. The molecule has 0 spiro atoms. The zero-order valence-corrected chi connectivity index (χ0v) is 17.3. The topological polar surface area (TPSA) is 94.8 Å². The van der Waals surface area contributed by atoms with Crippen molar-refractivity contribution in [2.24, 2.45) is 0 Å². The van der Waals surface area contributed by atoms with E-state index in [1.54, 1.807) is 26.8 Å². The number of ether oxygens (including phenoxy) is 2. The zero-order valence-electron chi connectivity index (χ0n) is 17.3. The molecule has 0 saturated carbocycles. The van der Waals surface area contributed by atoms with Crippen LogP contribution in [0.25, 0.3) is 21.7 Å². The summed E-state index contributed by atoms with van der Waals surface area (Å²) in [7, 11) is 0. The van der Waals surface area contributed by atoms with Crippen LogP contribution in [0.15, 0.2) is 51.7 Å². The highest BCUT2D eigenvalue weighted by molar-refractivity contribution is 6.07. The van der Waals surface area contributed by atoms with Gasteiger partial charge in [-0.15, -0.1) is 0 Å². The molecule has 158 valence electrons. The second kappa shape index (κ2) is 8.98. The predicted octanol–water partition coefficient (Wildman–Crippen LogP) is 4.29. The van der Waals surface area contributed by atoms with Crippen molar-refractivity contribution in [2.45, 2.75) is 45.8 Å². The van der Waals surface area contributed by atoms with E-state index >= 15 is 0 Å². The molecule has 3 rings (SSSR count). The van der Waals surface area contributed by atoms with Gasteiger partial charge in [0.15, 0.2) is 0 Å². The maximum Gasteiger partial charge on any atom is 0.407 e. The van der Waals surface area contributed by atoms with Crippen molar-refractivity contribution < 1.29 is 23.5 Å². The second-order valence-corrected chi connectivity index (χ2v) is 7.94. The summed E-state index contributed by atoms with van der Waals surface area (Å²) in [6.45, 7) is 5.60. The molecule has 0 aliphatic rings.